The van der Waals surface area contributed by atoms with Gasteiger partial charge in [-0.2, -0.15) is 5.26 Å². The Morgan fingerprint density at radius 2 is 2.24 bits per heavy atom. The first-order valence-corrected chi connectivity index (χ1v) is 6.28. The predicted molar refractivity (Wildman–Crippen MR) is 69.0 cm³/mol. The van der Waals surface area contributed by atoms with Crippen molar-refractivity contribution in [1.29, 1.82) is 5.26 Å². The van der Waals surface area contributed by atoms with E-state index in [2.05, 4.69) is 0 Å². The van der Waals surface area contributed by atoms with Gasteiger partial charge in [-0.05, 0) is 13.0 Å². The van der Waals surface area contributed by atoms with Gasteiger partial charge in [0.05, 0.1) is 11.6 Å². The normalized spacial score (nSPS) is 10.1. The van der Waals surface area contributed by atoms with E-state index in [1.807, 2.05) is 42.6 Å². The second-order valence-corrected chi connectivity index (χ2v) is 4.53. The highest BCUT2D eigenvalue weighted by Crippen LogP contribution is 2.26. The van der Waals surface area contributed by atoms with E-state index in [1.165, 1.54) is 0 Å². The molecule has 0 saturated heterocycles. The third-order valence-electron chi connectivity index (χ3n) is 2.64. The summed E-state index contributed by atoms with van der Waals surface area (Å²) in [7, 11) is 0. The number of carbonyl (C=O) groups excluding carboxylic acids is 1. The molecule has 0 radical (unpaired) electrons. The first-order chi connectivity index (χ1) is 8.27. The largest absolute Gasteiger partial charge is 0.326 e. The minimum atomic E-state index is -0.0634. The van der Waals surface area contributed by atoms with Crippen LogP contribution in [0.25, 0.3) is 10.1 Å². The molecule has 3 nitrogen and oxygen atoms in total. The number of thiophene rings is 1. The standard InChI is InChI=1S/C13H12N2OS/c1-2-15(8-7-14)13(16)11-9-17-12-6-4-3-5-10(11)12/h3-6,9H,2,8H2,1H3. The van der Waals surface area contributed by atoms with Crippen LogP contribution in [-0.4, -0.2) is 23.9 Å². The molecule has 2 aromatic rings. The summed E-state index contributed by atoms with van der Waals surface area (Å²) in [5.74, 6) is -0.0634. The Morgan fingerprint density at radius 1 is 1.47 bits per heavy atom. The number of carbonyl (C=O) groups is 1. The third kappa shape index (κ3) is 2.15. The highest BCUT2D eigenvalue weighted by Gasteiger charge is 2.17. The van der Waals surface area contributed by atoms with Crippen LogP contribution in [0.2, 0.25) is 0 Å². The fraction of sp³-hybridized carbons (Fsp3) is 0.231. The van der Waals surface area contributed by atoms with E-state index >= 15 is 0 Å². The highest BCUT2D eigenvalue weighted by molar-refractivity contribution is 7.17. The number of amides is 1. The first kappa shape index (κ1) is 11.6. The van der Waals surface area contributed by atoms with Gasteiger partial charge in [0, 0.05) is 22.0 Å². The minimum absolute atomic E-state index is 0.0634. The van der Waals surface area contributed by atoms with Gasteiger partial charge in [-0.25, -0.2) is 0 Å². The molecule has 0 unspecified atom stereocenters. The zero-order valence-electron chi connectivity index (χ0n) is 9.51. The molecule has 0 atom stereocenters. The summed E-state index contributed by atoms with van der Waals surface area (Å²) in [6, 6.07) is 9.84. The molecule has 1 aromatic heterocycles. The van der Waals surface area contributed by atoms with Gasteiger partial charge in [-0.1, -0.05) is 18.2 Å². The maximum Gasteiger partial charge on any atom is 0.256 e. The van der Waals surface area contributed by atoms with E-state index in [9.17, 15) is 4.79 Å². The number of benzene rings is 1. The van der Waals surface area contributed by atoms with Crippen LogP contribution in [0.4, 0.5) is 0 Å². The Kier molecular flexibility index (Phi) is 3.40. The van der Waals surface area contributed by atoms with Crippen molar-refractivity contribution in [3.63, 3.8) is 0 Å². The van der Waals surface area contributed by atoms with Crippen molar-refractivity contribution in [3.05, 3.63) is 35.2 Å². The third-order valence-corrected chi connectivity index (χ3v) is 3.61. The molecule has 0 bridgehead atoms. The van der Waals surface area contributed by atoms with Gasteiger partial charge in [-0.3, -0.25) is 4.79 Å². The van der Waals surface area contributed by atoms with Gasteiger partial charge in [0.1, 0.15) is 6.54 Å². The molecule has 1 heterocycles. The molecule has 17 heavy (non-hydrogen) atoms. The van der Waals surface area contributed by atoms with Gasteiger partial charge in [0.2, 0.25) is 0 Å². The lowest BCUT2D eigenvalue weighted by atomic mass is 10.1. The van der Waals surface area contributed by atoms with Gasteiger partial charge in [0.25, 0.3) is 5.91 Å². The topological polar surface area (TPSA) is 44.1 Å². The average Bonchev–Trinajstić information content (AvgIpc) is 2.79. The zero-order valence-corrected chi connectivity index (χ0v) is 10.3. The van der Waals surface area contributed by atoms with E-state index in [-0.39, 0.29) is 12.5 Å². The number of fused-ring (bicyclic) bond motifs is 1. The number of nitriles is 1. The van der Waals surface area contributed by atoms with E-state index in [0.717, 1.165) is 10.1 Å². The van der Waals surface area contributed by atoms with Gasteiger partial charge >= 0.3 is 0 Å². The van der Waals surface area contributed by atoms with Crippen molar-refractivity contribution in [2.45, 2.75) is 6.92 Å². The van der Waals surface area contributed by atoms with Crippen molar-refractivity contribution in [1.82, 2.24) is 4.90 Å². The highest BCUT2D eigenvalue weighted by atomic mass is 32.1. The average molecular weight is 244 g/mol. The molecule has 0 N–H and O–H groups in total. The summed E-state index contributed by atoms with van der Waals surface area (Å²) in [4.78, 5) is 13.8. The molecule has 0 spiro atoms. The summed E-state index contributed by atoms with van der Waals surface area (Å²) < 4.78 is 1.10. The Balaban J connectivity index is 2.40. The molecule has 1 amide bonds. The quantitative estimate of drug-likeness (QED) is 0.779. The Labute approximate surface area is 104 Å². The van der Waals surface area contributed by atoms with Gasteiger partial charge < -0.3 is 4.90 Å². The number of hydrogen-bond acceptors (Lipinski definition) is 3. The minimum Gasteiger partial charge on any atom is -0.326 e. The van der Waals surface area contributed by atoms with Crippen molar-refractivity contribution in [3.8, 4) is 6.07 Å². The molecular formula is C13H12N2OS. The summed E-state index contributed by atoms with van der Waals surface area (Å²) >= 11 is 1.56. The molecule has 2 rings (SSSR count). The lowest BCUT2D eigenvalue weighted by Crippen LogP contribution is -2.30. The molecule has 0 aliphatic carbocycles. The molecular weight excluding hydrogens is 232 g/mol. The molecule has 0 saturated carbocycles. The zero-order chi connectivity index (χ0) is 12.3. The lowest BCUT2D eigenvalue weighted by Gasteiger charge is -2.16. The number of rotatable bonds is 3. The maximum absolute atomic E-state index is 12.2. The Morgan fingerprint density at radius 3 is 2.94 bits per heavy atom. The van der Waals surface area contributed by atoms with E-state index in [0.29, 0.717) is 12.1 Å². The van der Waals surface area contributed by atoms with Crippen LogP contribution in [0.15, 0.2) is 29.6 Å². The van der Waals surface area contributed by atoms with Crippen LogP contribution in [0.3, 0.4) is 0 Å². The molecule has 4 heteroatoms. The van der Waals surface area contributed by atoms with Crippen LogP contribution in [-0.2, 0) is 0 Å². The van der Waals surface area contributed by atoms with E-state index in [1.54, 1.807) is 16.2 Å². The van der Waals surface area contributed by atoms with Gasteiger partial charge in [-0.15, -0.1) is 11.3 Å². The second kappa shape index (κ2) is 4.98. The van der Waals surface area contributed by atoms with Crippen molar-refractivity contribution < 1.29 is 4.79 Å². The summed E-state index contributed by atoms with van der Waals surface area (Å²) in [5.41, 5.74) is 0.697. The smallest absolute Gasteiger partial charge is 0.256 e. The molecule has 0 fully saturated rings. The number of hydrogen-bond donors (Lipinski definition) is 0. The molecule has 1 aromatic carbocycles. The van der Waals surface area contributed by atoms with Crippen molar-refractivity contribution in [2.75, 3.05) is 13.1 Å². The SMILES string of the molecule is CCN(CC#N)C(=O)c1csc2ccccc12. The second-order valence-electron chi connectivity index (χ2n) is 3.62. The molecule has 0 aliphatic heterocycles. The fourth-order valence-electron chi connectivity index (χ4n) is 1.73. The lowest BCUT2D eigenvalue weighted by molar-refractivity contribution is 0.0786. The van der Waals surface area contributed by atoms with E-state index < -0.39 is 0 Å². The van der Waals surface area contributed by atoms with Crippen LogP contribution in [0.5, 0.6) is 0 Å². The van der Waals surface area contributed by atoms with Crippen molar-refractivity contribution >= 4 is 27.3 Å². The monoisotopic (exact) mass is 244 g/mol. The summed E-state index contributed by atoms with van der Waals surface area (Å²) in [5, 5.41) is 11.5. The van der Waals surface area contributed by atoms with Crippen LogP contribution >= 0.6 is 11.3 Å². The van der Waals surface area contributed by atoms with Crippen LogP contribution in [0, 0.1) is 11.3 Å². The first-order valence-electron chi connectivity index (χ1n) is 5.40. The van der Waals surface area contributed by atoms with Crippen LogP contribution in [0.1, 0.15) is 17.3 Å². The number of nitrogens with zero attached hydrogens (tertiary/aromatic N) is 2. The predicted octanol–water partition coefficient (Wildman–Crippen LogP) is 2.89. The molecule has 86 valence electrons. The van der Waals surface area contributed by atoms with E-state index in [4.69, 9.17) is 5.26 Å². The summed E-state index contributed by atoms with van der Waals surface area (Å²) in [6.45, 7) is 2.57. The van der Waals surface area contributed by atoms with Gasteiger partial charge in [0.15, 0.2) is 0 Å². The molecule has 0 aliphatic rings. The fourth-order valence-corrected chi connectivity index (χ4v) is 2.66. The van der Waals surface area contributed by atoms with Crippen molar-refractivity contribution in [2.24, 2.45) is 0 Å². The van der Waals surface area contributed by atoms with Crippen LogP contribution < -0.4 is 0 Å². The Hall–Kier alpha value is -1.86. The summed E-state index contributed by atoms with van der Waals surface area (Å²) in [6.07, 6.45) is 0. The maximum atomic E-state index is 12.2. The Bertz CT molecular complexity index is 582.